The normalized spacial score (nSPS) is 15.0. The van der Waals surface area contributed by atoms with Gasteiger partial charge in [0.05, 0.1) is 47.1 Å². The van der Waals surface area contributed by atoms with Crippen molar-refractivity contribution in [3.63, 3.8) is 0 Å². The topological polar surface area (TPSA) is 90.2 Å². The molecule has 8 nitrogen and oxygen atoms in total. The highest BCUT2D eigenvalue weighted by Crippen LogP contribution is 2.19. The maximum atomic E-state index is 12.2. The number of thioether (sulfide) groups is 1. The van der Waals surface area contributed by atoms with Crippen LogP contribution in [0.1, 0.15) is 17.3 Å². The molecule has 3 rings (SSSR count). The van der Waals surface area contributed by atoms with E-state index in [2.05, 4.69) is 4.99 Å². The van der Waals surface area contributed by atoms with E-state index in [0.717, 1.165) is 10.2 Å². The van der Waals surface area contributed by atoms with E-state index in [1.165, 1.54) is 23.1 Å². The molecule has 0 N–H and O–H groups in total. The van der Waals surface area contributed by atoms with Crippen molar-refractivity contribution in [3.05, 3.63) is 28.6 Å². The van der Waals surface area contributed by atoms with Crippen molar-refractivity contribution in [3.8, 4) is 0 Å². The van der Waals surface area contributed by atoms with Gasteiger partial charge in [0.25, 0.3) is 5.91 Å². The first kappa shape index (κ1) is 21.5. The average Bonchev–Trinajstić information content (AvgIpc) is 3.03. The van der Waals surface area contributed by atoms with E-state index < -0.39 is 0 Å². The van der Waals surface area contributed by atoms with Crippen LogP contribution in [0.3, 0.4) is 0 Å². The maximum Gasteiger partial charge on any atom is 0.338 e. The molecule has 2 amide bonds. The number of ether oxygens (including phenoxy) is 2. The fraction of sp³-hybridized carbons (Fsp3) is 0.474. The highest BCUT2D eigenvalue weighted by Gasteiger charge is 2.17. The SMILES string of the molecule is CCOC(=O)c1ccc2c(c1)sc(=NC(=O)CSCC(=O)N1CCOCC1)n2C. The maximum absolute atomic E-state index is 12.2. The number of morpholine rings is 1. The Morgan fingerprint density at radius 1 is 1.24 bits per heavy atom. The van der Waals surface area contributed by atoms with E-state index in [4.69, 9.17) is 9.47 Å². The number of thiazole rings is 1. The molecule has 1 aliphatic heterocycles. The number of rotatable bonds is 6. The zero-order valence-corrected chi connectivity index (χ0v) is 18.0. The molecule has 0 aliphatic carbocycles. The van der Waals surface area contributed by atoms with Crippen molar-refractivity contribution in [1.29, 1.82) is 0 Å². The Balaban J connectivity index is 1.64. The smallest absolute Gasteiger partial charge is 0.338 e. The largest absolute Gasteiger partial charge is 0.462 e. The lowest BCUT2D eigenvalue weighted by Crippen LogP contribution is -2.41. The minimum Gasteiger partial charge on any atom is -0.462 e. The fourth-order valence-corrected chi connectivity index (χ4v) is 4.62. The Kier molecular flexibility index (Phi) is 7.45. The molecule has 0 radical (unpaired) electrons. The number of carbonyl (C=O) groups excluding carboxylic acids is 3. The first-order chi connectivity index (χ1) is 14.0. The van der Waals surface area contributed by atoms with Crippen LogP contribution in [-0.2, 0) is 26.1 Å². The lowest BCUT2D eigenvalue weighted by atomic mass is 10.2. The number of fused-ring (bicyclic) bond motifs is 1. The van der Waals surface area contributed by atoms with Gasteiger partial charge in [-0.2, -0.15) is 4.99 Å². The molecule has 156 valence electrons. The van der Waals surface area contributed by atoms with Gasteiger partial charge in [-0.05, 0) is 25.1 Å². The van der Waals surface area contributed by atoms with Gasteiger partial charge in [-0.3, -0.25) is 9.59 Å². The van der Waals surface area contributed by atoms with Gasteiger partial charge in [0.1, 0.15) is 0 Å². The summed E-state index contributed by atoms with van der Waals surface area (Å²) in [6.45, 7) is 4.40. The van der Waals surface area contributed by atoms with E-state index in [1.807, 2.05) is 17.7 Å². The molecular formula is C19H23N3O5S2. The van der Waals surface area contributed by atoms with Gasteiger partial charge < -0.3 is 18.9 Å². The van der Waals surface area contributed by atoms with E-state index in [-0.39, 0.29) is 29.3 Å². The molecular weight excluding hydrogens is 414 g/mol. The minimum atomic E-state index is -0.374. The molecule has 10 heteroatoms. The number of aryl methyl sites for hydroxylation is 1. The summed E-state index contributed by atoms with van der Waals surface area (Å²) in [6, 6.07) is 5.26. The Morgan fingerprint density at radius 3 is 2.72 bits per heavy atom. The van der Waals surface area contributed by atoms with Gasteiger partial charge in [-0.1, -0.05) is 11.3 Å². The zero-order chi connectivity index (χ0) is 20.8. The van der Waals surface area contributed by atoms with Gasteiger partial charge in [-0.25, -0.2) is 4.79 Å². The van der Waals surface area contributed by atoms with Crippen LogP contribution in [-0.4, -0.2) is 71.7 Å². The van der Waals surface area contributed by atoms with Gasteiger partial charge in [0.15, 0.2) is 4.80 Å². The summed E-state index contributed by atoms with van der Waals surface area (Å²) in [6.07, 6.45) is 0. The van der Waals surface area contributed by atoms with Crippen LogP contribution in [0.4, 0.5) is 0 Å². The first-order valence-corrected chi connectivity index (χ1v) is 11.2. The quantitative estimate of drug-likeness (QED) is 0.635. The molecule has 0 atom stereocenters. The monoisotopic (exact) mass is 437 g/mol. The van der Waals surface area contributed by atoms with Gasteiger partial charge >= 0.3 is 5.97 Å². The van der Waals surface area contributed by atoms with Crippen LogP contribution < -0.4 is 4.80 Å². The van der Waals surface area contributed by atoms with Crippen molar-refractivity contribution in [2.45, 2.75) is 6.92 Å². The Bertz CT molecular complexity index is 976. The van der Waals surface area contributed by atoms with Crippen LogP contribution in [0.2, 0.25) is 0 Å². The molecule has 1 aromatic heterocycles. The second kappa shape index (κ2) is 10.0. The molecule has 1 aromatic carbocycles. The molecule has 1 fully saturated rings. The summed E-state index contributed by atoms with van der Waals surface area (Å²) in [5.41, 5.74) is 1.35. The van der Waals surface area contributed by atoms with E-state index in [1.54, 1.807) is 24.0 Å². The number of benzene rings is 1. The summed E-state index contributed by atoms with van der Waals surface area (Å²) in [7, 11) is 1.82. The first-order valence-electron chi connectivity index (χ1n) is 9.27. The van der Waals surface area contributed by atoms with E-state index in [0.29, 0.717) is 43.3 Å². The fourth-order valence-electron chi connectivity index (χ4n) is 2.85. The third kappa shape index (κ3) is 5.46. The standard InChI is InChI=1S/C19H23N3O5S2/c1-3-27-18(25)13-4-5-14-15(10-13)29-19(21(14)2)20-16(23)11-28-12-17(24)22-6-8-26-9-7-22/h4-5,10H,3,6-9,11-12H2,1-2H3. The lowest BCUT2D eigenvalue weighted by Gasteiger charge is -2.26. The molecule has 0 unspecified atom stereocenters. The summed E-state index contributed by atoms with van der Waals surface area (Å²) >= 11 is 2.60. The van der Waals surface area contributed by atoms with Crippen molar-refractivity contribution in [1.82, 2.24) is 9.47 Å². The van der Waals surface area contributed by atoms with Crippen molar-refractivity contribution in [2.24, 2.45) is 12.0 Å². The van der Waals surface area contributed by atoms with Crippen molar-refractivity contribution >= 4 is 51.1 Å². The molecule has 0 saturated carbocycles. The number of amides is 2. The third-order valence-electron chi connectivity index (χ3n) is 4.36. The molecule has 2 aromatic rings. The average molecular weight is 438 g/mol. The highest BCUT2D eigenvalue weighted by atomic mass is 32.2. The number of aromatic nitrogens is 1. The number of nitrogens with zero attached hydrogens (tertiary/aromatic N) is 3. The molecule has 1 aliphatic rings. The molecule has 0 spiro atoms. The number of esters is 1. The van der Waals surface area contributed by atoms with Crippen LogP contribution in [0.5, 0.6) is 0 Å². The summed E-state index contributed by atoms with van der Waals surface area (Å²) in [4.78, 5) is 42.7. The number of hydrogen-bond donors (Lipinski definition) is 0. The summed E-state index contributed by atoms with van der Waals surface area (Å²) in [5, 5.41) is 0. The second-order valence-electron chi connectivity index (χ2n) is 6.34. The van der Waals surface area contributed by atoms with E-state index in [9.17, 15) is 14.4 Å². The molecule has 2 heterocycles. The summed E-state index contributed by atoms with van der Waals surface area (Å²) in [5.74, 6) is -0.259. The molecule has 0 bridgehead atoms. The van der Waals surface area contributed by atoms with Gasteiger partial charge in [0.2, 0.25) is 5.91 Å². The van der Waals surface area contributed by atoms with Gasteiger partial charge in [0, 0.05) is 20.1 Å². The minimum absolute atomic E-state index is 0.0185. The summed E-state index contributed by atoms with van der Waals surface area (Å²) < 4.78 is 12.9. The van der Waals surface area contributed by atoms with Crippen LogP contribution in [0.25, 0.3) is 10.2 Å². The van der Waals surface area contributed by atoms with Crippen LogP contribution in [0.15, 0.2) is 23.2 Å². The lowest BCUT2D eigenvalue weighted by molar-refractivity contribution is -0.132. The van der Waals surface area contributed by atoms with Crippen molar-refractivity contribution in [2.75, 3.05) is 44.4 Å². The zero-order valence-electron chi connectivity index (χ0n) is 16.4. The van der Waals surface area contributed by atoms with E-state index >= 15 is 0 Å². The highest BCUT2D eigenvalue weighted by molar-refractivity contribution is 8.00. The number of hydrogen-bond acceptors (Lipinski definition) is 7. The Morgan fingerprint density at radius 2 is 2.00 bits per heavy atom. The Labute approximate surface area is 176 Å². The number of carbonyl (C=O) groups is 3. The Hall–Kier alpha value is -2.17. The van der Waals surface area contributed by atoms with Crippen molar-refractivity contribution < 1.29 is 23.9 Å². The van der Waals surface area contributed by atoms with Crippen LogP contribution >= 0.6 is 23.1 Å². The predicted octanol–water partition coefficient (Wildman–Crippen LogP) is 1.44. The second-order valence-corrected chi connectivity index (χ2v) is 8.33. The predicted molar refractivity (Wildman–Crippen MR) is 112 cm³/mol. The third-order valence-corrected chi connectivity index (χ3v) is 6.35. The molecule has 1 saturated heterocycles. The van der Waals surface area contributed by atoms with Gasteiger partial charge in [-0.15, -0.1) is 11.8 Å². The molecule has 29 heavy (non-hydrogen) atoms. The van der Waals surface area contributed by atoms with Crippen LogP contribution in [0, 0.1) is 0 Å².